The van der Waals surface area contributed by atoms with Gasteiger partial charge in [-0.3, -0.25) is 10.1 Å². The van der Waals surface area contributed by atoms with Crippen LogP contribution in [0.3, 0.4) is 0 Å². The Hall–Kier alpha value is -2.70. The Morgan fingerprint density at radius 3 is 2.08 bits per heavy atom. The van der Waals surface area contributed by atoms with Gasteiger partial charge in [0.15, 0.2) is 12.4 Å². The fourth-order valence-electron chi connectivity index (χ4n) is 2.59. The zero-order valence-electron chi connectivity index (χ0n) is 13.6. The van der Waals surface area contributed by atoms with E-state index in [0.29, 0.717) is 6.61 Å². The number of benzene rings is 2. The molecule has 0 saturated heterocycles. The number of ether oxygens (including phenoxy) is 3. The van der Waals surface area contributed by atoms with Gasteiger partial charge in [-0.2, -0.15) is 0 Å². The molecule has 2 aromatic rings. The second-order valence-electron chi connectivity index (χ2n) is 5.69. The zero-order chi connectivity index (χ0) is 17.5. The van der Waals surface area contributed by atoms with Crippen molar-refractivity contribution in [3.63, 3.8) is 0 Å². The topological polar surface area (TPSA) is 70.8 Å². The largest absolute Gasteiger partial charge is 0.491 e. The summed E-state index contributed by atoms with van der Waals surface area (Å²) in [5.74, 6) is 0. The van der Waals surface area contributed by atoms with E-state index in [1.165, 1.54) is 0 Å². The van der Waals surface area contributed by atoms with E-state index in [0.717, 1.165) is 17.4 Å². The molecule has 2 aromatic carbocycles. The van der Waals surface area contributed by atoms with Crippen LogP contribution in [0.4, 0.5) is 0 Å². The molecular weight excluding hydrogens is 322 g/mol. The summed E-state index contributed by atoms with van der Waals surface area (Å²) >= 11 is 0. The van der Waals surface area contributed by atoms with Crippen molar-refractivity contribution in [1.29, 1.82) is 0 Å². The lowest BCUT2D eigenvalue weighted by molar-refractivity contribution is -0.445. The summed E-state index contributed by atoms with van der Waals surface area (Å²) in [4.78, 5) is 10.8. The Bertz CT molecular complexity index is 717. The Morgan fingerprint density at radius 1 is 0.960 bits per heavy atom. The van der Waals surface area contributed by atoms with Crippen molar-refractivity contribution in [2.24, 2.45) is 0 Å². The predicted molar refractivity (Wildman–Crippen MR) is 91.1 cm³/mol. The molecule has 1 aliphatic heterocycles. The Kier molecular flexibility index (Phi) is 5.77. The maximum atomic E-state index is 11.3. The average Bonchev–Trinajstić information content (AvgIpc) is 2.66. The van der Waals surface area contributed by atoms with Gasteiger partial charge in [-0.05, 0) is 11.1 Å². The molecule has 130 valence electrons. The monoisotopic (exact) mass is 341 g/mol. The lowest BCUT2D eigenvalue weighted by Crippen LogP contribution is -2.41. The maximum Gasteiger partial charge on any atom is 0.311 e. The summed E-state index contributed by atoms with van der Waals surface area (Å²) in [6.45, 7) is 0.816. The van der Waals surface area contributed by atoms with E-state index in [2.05, 4.69) is 0 Å². The van der Waals surface area contributed by atoms with Crippen molar-refractivity contribution >= 4 is 0 Å². The van der Waals surface area contributed by atoms with Gasteiger partial charge in [0, 0.05) is 0 Å². The summed E-state index contributed by atoms with van der Waals surface area (Å²) in [6, 6.07) is 19.2. The second kappa shape index (κ2) is 8.41. The SMILES string of the molecule is O=[N+]([O-])C1=COC[C@@H](OCc2ccccc2)[C@@H]1OCc1ccccc1. The molecule has 0 fully saturated rings. The normalized spacial score (nSPS) is 19.8. The van der Waals surface area contributed by atoms with Crippen LogP contribution in [0.5, 0.6) is 0 Å². The molecule has 0 unspecified atom stereocenters. The lowest BCUT2D eigenvalue weighted by atomic mass is 10.1. The molecule has 6 nitrogen and oxygen atoms in total. The van der Waals surface area contributed by atoms with E-state index in [-0.39, 0.29) is 18.9 Å². The summed E-state index contributed by atoms with van der Waals surface area (Å²) in [6.07, 6.45) is -0.181. The predicted octanol–water partition coefficient (Wildman–Crippen LogP) is 3.31. The molecule has 25 heavy (non-hydrogen) atoms. The van der Waals surface area contributed by atoms with Crippen molar-refractivity contribution in [2.45, 2.75) is 25.4 Å². The summed E-state index contributed by atoms with van der Waals surface area (Å²) in [5.41, 5.74) is 1.81. The van der Waals surface area contributed by atoms with Gasteiger partial charge in [-0.1, -0.05) is 60.7 Å². The minimum atomic E-state index is -0.785. The maximum absolute atomic E-state index is 11.3. The number of hydrogen-bond acceptors (Lipinski definition) is 5. The van der Waals surface area contributed by atoms with E-state index >= 15 is 0 Å². The molecule has 0 saturated carbocycles. The number of rotatable bonds is 7. The first kappa shape index (κ1) is 17.1. The molecule has 0 radical (unpaired) electrons. The first-order valence-electron chi connectivity index (χ1n) is 8.01. The van der Waals surface area contributed by atoms with Crippen LogP contribution in [0.25, 0.3) is 0 Å². The highest BCUT2D eigenvalue weighted by Gasteiger charge is 2.38. The minimum Gasteiger partial charge on any atom is -0.491 e. The third kappa shape index (κ3) is 4.65. The molecule has 0 amide bonds. The molecule has 6 heteroatoms. The van der Waals surface area contributed by atoms with E-state index < -0.39 is 17.1 Å². The standard InChI is InChI=1S/C19H19NO5/c21-20(22)17-13-23-14-18(24-11-15-7-3-1-4-8-15)19(17)25-12-16-9-5-2-6-10-16/h1-10,13,18-19H,11-12,14H2/t18-,19-/m1/s1. The van der Waals surface area contributed by atoms with E-state index in [1.807, 2.05) is 60.7 Å². The number of nitrogens with zero attached hydrogens (tertiary/aromatic N) is 1. The quantitative estimate of drug-likeness (QED) is 0.571. The molecule has 1 aliphatic rings. The molecule has 0 aromatic heterocycles. The second-order valence-corrected chi connectivity index (χ2v) is 5.69. The van der Waals surface area contributed by atoms with Crippen LogP contribution in [0.15, 0.2) is 72.6 Å². The Labute approximate surface area is 145 Å². The van der Waals surface area contributed by atoms with Gasteiger partial charge in [0.1, 0.15) is 12.7 Å². The highest BCUT2D eigenvalue weighted by Crippen LogP contribution is 2.23. The Balaban J connectivity index is 1.68. The molecule has 2 atom stereocenters. The van der Waals surface area contributed by atoms with Crippen LogP contribution in [0.1, 0.15) is 11.1 Å². The van der Waals surface area contributed by atoms with Crippen molar-refractivity contribution in [3.05, 3.63) is 93.9 Å². The summed E-state index contributed by atoms with van der Waals surface area (Å²) in [5, 5.41) is 11.3. The van der Waals surface area contributed by atoms with Gasteiger partial charge >= 0.3 is 5.70 Å². The fourth-order valence-corrected chi connectivity index (χ4v) is 2.59. The van der Waals surface area contributed by atoms with Gasteiger partial charge in [0.25, 0.3) is 0 Å². The van der Waals surface area contributed by atoms with Gasteiger partial charge in [-0.25, -0.2) is 0 Å². The molecule has 0 N–H and O–H groups in total. The molecular formula is C19H19NO5. The first-order chi connectivity index (χ1) is 12.2. The first-order valence-corrected chi connectivity index (χ1v) is 8.01. The highest BCUT2D eigenvalue weighted by molar-refractivity contribution is 5.15. The fraction of sp³-hybridized carbons (Fsp3) is 0.263. The van der Waals surface area contributed by atoms with Crippen LogP contribution in [-0.4, -0.2) is 23.7 Å². The number of hydrogen-bond donors (Lipinski definition) is 0. The van der Waals surface area contributed by atoms with Gasteiger partial charge in [0.2, 0.25) is 0 Å². The third-order valence-electron chi connectivity index (χ3n) is 3.88. The molecule has 1 heterocycles. The average molecular weight is 341 g/mol. The van der Waals surface area contributed by atoms with Crippen LogP contribution in [0, 0.1) is 10.1 Å². The minimum absolute atomic E-state index is 0.125. The Morgan fingerprint density at radius 2 is 1.52 bits per heavy atom. The van der Waals surface area contributed by atoms with Crippen LogP contribution >= 0.6 is 0 Å². The van der Waals surface area contributed by atoms with Crippen LogP contribution in [0.2, 0.25) is 0 Å². The van der Waals surface area contributed by atoms with Crippen molar-refractivity contribution < 1.29 is 19.1 Å². The van der Waals surface area contributed by atoms with Gasteiger partial charge in [0.05, 0.1) is 18.1 Å². The molecule has 0 spiro atoms. The highest BCUT2D eigenvalue weighted by atomic mass is 16.6. The van der Waals surface area contributed by atoms with E-state index in [4.69, 9.17) is 14.2 Å². The zero-order valence-corrected chi connectivity index (χ0v) is 13.6. The van der Waals surface area contributed by atoms with Crippen molar-refractivity contribution in [1.82, 2.24) is 0 Å². The molecule has 3 rings (SSSR count). The van der Waals surface area contributed by atoms with Crippen LogP contribution in [-0.2, 0) is 27.4 Å². The number of nitro groups is 1. The summed E-state index contributed by atoms with van der Waals surface area (Å²) < 4.78 is 16.9. The van der Waals surface area contributed by atoms with Gasteiger partial charge in [-0.15, -0.1) is 0 Å². The molecule has 0 aliphatic carbocycles. The van der Waals surface area contributed by atoms with Crippen molar-refractivity contribution in [3.8, 4) is 0 Å². The third-order valence-corrected chi connectivity index (χ3v) is 3.88. The summed E-state index contributed by atoms with van der Waals surface area (Å²) in [7, 11) is 0. The van der Waals surface area contributed by atoms with E-state index in [9.17, 15) is 10.1 Å². The van der Waals surface area contributed by atoms with Crippen molar-refractivity contribution in [2.75, 3.05) is 6.61 Å². The van der Waals surface area contributed by atoms with Crippen LogP contribution < -0.4 is 0 Å². The smallest absolute Gasteiger partial charge is 0.311 e. The lowest BCUT2D eigenvalue weighted by Gasteiger charge is -2.28. The van der Waals surface area contributed by atoms with Gasteiger partial charge < -0.3 is 14.2 Å². The van der Waals surface area contributed by atoms with E-state index in [1.54, 1.807) is 0 Å². The molecule has 0 bridgehead atoms.